The van der Waals surface area contributed by atoms with Crippen LogP contribution >= 0.6 is 0 Å². The molecule has 0 amide bonds. The van der Waals surface area contributed by atoms with Crippen molar-refractivity contribution in [2.45, 2.75) is 26.3 Å². The topological polar surface area (TPSA) is 59.3 Å². The van der Waals surface area contributed by atoms with Gasteiger partial charge in [-0.3, -0.25) is 9.36 Å². The number of aromatic nitrogens is 1. The molecule has 1 aromatic heterocycles. The molecule has 0 saturated heterocycles. The number of aryl methyl sites for hydroxylation is 1. The Morgan fingerprint density at radius 3 is 2.50 bits per heavy atom. The van der Waals surface area contributed by atoms with Crippen LogP contribution in [0, 0.1) is 6.92 Å². The molecule has 1 heterocycles. The van der Waals surface area contributed by atoms with Gasteiger partial charge in [-0.15, -0.1) is 0 Å². The molecule has 0 aliphatic rings. The fourth-order valence-corrected chi connectivity index (χ4v) is 2.12. The summed E-state index contributed by atoms with van der Waals surface area (Å²) in [6.45, 7) is 4.93. The Balaban J connectivity index is 2.98. The quantitative estimate of drug-likeness (QED) is 0.881. The maximum atomic E-state index is 12.0. The molecule has 0 aliphatic carbocycles. The maximum absolute atomic E-state index is 12.0. The summed E-state index contributed by atoms with van der Waals surface area (Å²) >= 11 is 0. The number of hydrogen-bond acceptors (Lipinski definition) is 2. The Morgan fingerprint density at radius 2 is 1.89 bits per heavy atom. The SMILES string of the molecule is Cc1cccc2ccc(=O)n(C(C)(C)C(=O)O)c12. The van der Waals surface area contributed by atoms with Crippen LogP contribution in [0.5, 0.6) is 0 Å². The summed E-state index contributed by atoms with van der Waals surface area (Å²) < 4.78 is 1.35. The molecule has 2 aromatic rings. The first-order valence-electron chi connectivity index (χ1n) is 5.71. The molecular formula is C14H15NO3. The first-order chi connectivity index (χ1) is 8.35. The fourth-order valence-electron chi connectivity index (χ4n) is 2.12. The van der Waals surface area contributed by atoms with E-state index in [2.05, 4.69) is 0 Å². The number of rotatable bonds is 2. The molecule has 94 valence electrons. The highest BCUT2D eigenvalue weighted by molar-refractivity contribution is 5.85. The molecular weight excluding hydrogens is 230 g/mol. The van der Waals surface area contributed by atoms with E-state index in [-0.39, 0.29) is 5.56 Å². The van der Waals surface area contributed by atoms with Gasteiger partial charge in [-0.25, -0.2) is 4.79 Å². The molecule has 0 fully saturated rings. The zero-order valence-electron chi connectivity index (χ0n) is 10.6. The number of carboxylic acid groups (broad SMARTS) is 1. The summed E-state index contributed by atoms with van der Waals surface area (Å²) in [5.41, 5.74) is -0.0102. The highest BCUT2D eigenvalue weighted by Gasteiger charge is 2.31. The molecule has 0 bridgehead atoms. The summed E-state index contributed by atoms with van der Waals surface area (Å²) in [6.07, 6.45) is 0. The van der Waals surface area contributed by atoms with Crippen LogP contribution in [-0.4, -0.2) is 15.6 Å². The van der Waals surface area contributed by atoms with Gasteiger partial charge in [0.25, 0.3) is 5.56 Å². The number of pyridine rings is 1. The van der Waals surface area contributed by atoms with Crippen molar-refractivity contribution in [2.24, 2.45) is 0 Å². The van der Waals surface area contributed by atoms with Gasteiger partial charge in [0.05, 0.1) is 5.52 Å². The zero-order chi connectivity index (χ0) is 13.5. The number of nitrogens with zero attached hydrogens (tertiary/aromatic N) is 1. The van der Waals surface area contributed by atoms with Gasteiger partial charge < -0.3 is 5.11 Å². The molecule has 0 atom stereocenters. The van der Waals surface area contributed by atoms with Crippen LogP contribution in [0.3, 0.4) is 0 Å². The summed E-state index contributed by atoms with van der Waals surface area (Å²) in [5.74, 6) is -1.03. The van der Waals surface area contributed by atoms with Gasteiger partial charge in [0.1, 0.15) is 5.54 Å². The minimum absolute atomic E-state index is 0.302. The number of benzene rings is 1. The Hall–Kier alpha value is -2.10. The second kappa shape index (κ2) is 3.98. The molecule has 0 spiro atoms. The maximum Gasteiger partial charge on any atom is 0.329 e. The Morgan fingerprint density at radius 1 is 1.22 bits per heavy atom. The lowest BCUT2D eigenvalue weighted by Crippen LogP contribution is -2.42. The highest BCUT2D eigenvalue weighted by Crippen LogP contribution is 2.23. The first kappa shape index (κ1) is 12.4. The molecule has 0 saturated carbocycles. The van der Waals surface area contributed by atoms with E-state index in [0.717, 1.165) is 10.9 Å². The molecule has 1 N–H and O–H groups in total. The van der Waals surface area contributed by atoms with Gasteiger partial charge in [0.2, 0.25) is 0 Å². The van der Waals surface area contributed by atoms with Crippen LogP contribution < -0.4 is 5.56 Å². The van der Waals surface area contributed by atoms with Crippen molar-refractivity contribution >= 4 is 16.9 Å². The van der Waals surface area contributed by atoms with Gasteiger partial charge in [-0.05, 0) is 37.8 Å². The van der Waals surface area contributed by atoms with Crippen LogP contribution in [-0.2, 0) is 10.3 Å². The van der Waals surface area contributed by atoms with Gasteiger partial charge in [0, 0.05) is 6.07 Å². The van der Waals surface area contributed by atoms with Crippen molar-refractivity contribution < 1.29 is 9.90 Å². The normalized spacial score (nSPS) is 11.7. The lowest BCUT2D eigenvalue weighted by atomic mass is 10.0. The van der Waals surface area contributed by atoms with Crippen LogP contribution in [0.2, 0.25) is 0 Å². The number of carbonyl (C=O) groups is 1. The van der Waals surface area contributed by atoms with E-state index in [1.54, 1.807) is 6.07 Å². The monoisotopic (exact) mass is 245 g/mol. The van der Waals surface area contributed by atoms with E-state index in [1.165, 1.54) is 24.5 Å². The predicted octanol–water partition coefficient (Wildman–Crippen LogP) is 2.13. The fraction of sp³-hybridized carbons (Fsp3) is 0.286. The van der Waals surface area contributed by atoms with Crippen LogP contribution in [0.25, 0.3) is 10.9 Å². The summed E-state index contributed by atoms with van der Waals surface area (Å²) in [5, 5.41) is 10.2. The lowest BCUT2D eigenvalue weighted by Gasteiger charge is -2.25. The molecule has 0 aliphatic heterocycles. The van der Waals surface area contributed by atoms with Crippen LogP contribution in [0.15, 0.2) is 35.1 Å². The minimum Gasteiger partial charge on any atom is -0.480 e. The van der Waals surface area contributed by atoms with Gasteiger partial charge in [-0.1, -0.05) is 18.2 Å². The molecule has 1 aromatic carbocycles. The van der Waals surface area contributed by atoms with E-state index in [4.69, 9.17) is 0 Å². The molecule has 4 nitrogen and oxygen atoms in total. The van der Waals surface area contributed by atoms with Crippen LogP contribution in [0.1, 0.15) is 19.4 Å². The lowest BCUT2D eigenvalue weighted by molar-refractivity contribution is -0.145. The summed E-state index contributed by atoms with van der Waals surface area (Å²) in [4.78, 5) is 23.4. The van der Waals surface area contributed by atoms with Crippen molar-refractivity contribution in [3.63, 3.8) is 0 Å². The van der Waals surface area contributed by atoms with Crippen molar-refractivity contribution in [3.8, 4) is 0 Å². The van der Waals surface area contributed by atoms with E-state index >= 15 is 0 Å². The average Bonchev–Trinajstić information content (AvgIpc) is 2.29. The number of carboxylic acids is 1. The summed E-state index contributed by atoms with van der Waals surface area (Å²) in [6, 6.07) is 8.76. The Labute approximate surface area is 104 Å². The second-order valence-electron chi connectivity index (χ2n) is 4.88. The van der Waals surface area contributed by atoms with Crippen molar-refractivity contribution in [1.82, 2.24) is 4.57 Å². The highest BCUT2D eigenvalue weighted by atomic mass is 16.4. The second-order valence-corrected chi connectivity index (χ2v) is 4.88. The number of aliphatic carboxylic acids is 1. The Bertz CT molecular complexity index is 683. The van der Waals surface area contributed by atoms with Crippen molar-refractivity contribution in [1.29, 1.82) is 0 Å². The van der Waals surface area contributed by atoms with Crippen LogP contribution in [0.4, 0.5) is 0 Å². The Kier molecular flexibility index (Phi) is 2.73. The van der Waals surface area contributed by atoms with Gasteiger partial charge >= 0.3 is 5.97 Å². The third kappa shape index (κ3) is 1.70. The smallest absolute Gasteiger partial charge is 0.329 e. The third-order valence-electron chi connectivity index (χ3n) is 3.20. The number of hydrogen-bond donors (Lipinski definition) is 1. The summed E-state index contributed by atoms with van der Waals surface area (Å²) in [7, 11) is 0. The zero-order valence-corrected chi connectivity index (χ0v) is 10.6. The number of para-hydroxylation sites is 1. The minimum atomic E-state index is -1.28. The standard InChI is InChI=1S/C14H15NO3/c1-9-5-4-6-10-7-8-11(16)15(12(9)10)14(2,3)13(17)18/h4-8H,1-3H3,(H,17,18). The number of fused-ring (bicyclic) bond motifs is 1. The first-order valence-corrected chi connectivity index (χ1v) is 5.71. The average molecular weight is 245 g/mol. The van der Waals surface area contributed by atoms with Gasteiger partial charge in [-0.2, -0.15) is 0 Å². The molecule has 0 unspecified atom stereocenters. The van der Waals surface area contributed by atoms with E-state index in [0.29, 0.717) is 5.52 Å². The van der Waals surface area contributed by atoms with Crippen molar-refractivity contribution in [3.05, 3.63) is 46.2 Å². The van der Waals surface area contributed by atoms with E-state index < -0.39 is 11.5 Å². The predicted molar refractivity (Wildman–Crippen MR) is 69.9 cm³/mol. The molecule has 4 heteroatoms. The molecule has 2 rings (SSSR count). The largest absolute Gasteiger partial charge is 0.480 e. The van der Waals surface area contributed by atoms with Crippen molar-refractivity contribution in [2.75, 3.05) is 0 Å². The third-order valence-corrected chi connectivity index (χ3v) is 3.20. The molecule has 0 radical (unpaired) electrons. The molecule has 18 heavy (non-hydrogen) atoms. The van der Waals surface area contributed by atoms with E-state index in [9.17, 15) is 14.7 Å². The van der Waals surface area contributed by atoms with E-state index in [1.807, 2.05) is 25.1 Å². The van der Waals surface area contributed by atoms with Gasteiger partial charge in [0.15, 0.2) is 0 Å².